The van der Waals surface area contributed by atoms with Gasteiger partial charge in [-0.1, -0.05) is 37.5 Å². The number of carbonyl (C=O) groups excluding carboxylic acids is 1. The molecule has 0 bridgehead atoms. The SMILES string of the molecule is COc1ccc(C2CCC(C(NC(=O)C3CCCCC3)c3cccc(-c4coc(C5CC5)n4)c3)CC2O)nc1C. The molecule has 3 aliphatic rings. The summed E-state index contributed by atoms with van der Waals surface area (Å²) in [6.07, 6.45) is 11.2. The van der Waals surface area contributed by atoms with Gasteiger partial charge >= 0.3 is 0 Å². The van der Waals surface area contributed by atoms with E-state index >= 15 is 0 Å². The van der Waals surface area contributed by atoms with E-state index in [9.17, 15) is 9.90 Å². The molecule has 3 aromatic rings. The van der Waals surface area contributed by atoms with Gasteiger partial charge in [-0.25, -0.2) is 4.98 Å². The van der Waals surface area contributed by atoms with Crippen LogP contribution in [0.1, 0.15) is 105 Å². The van der Waals surface area contributed by atoms with Crippen LogP contribution in [0.4, 0.5) is 0 Å². The van der Waals surface area contributed by atoms with Crippen LogP contribution >= 0.6 is 0 Å². The molecule has 3 fully saturated rings. The zero-order valence-electron chi connectivity index (χ0n) is 23.6. The van der Waals surface area contributed by atoms with E-state index in [-0.39, 0.29) is 29.7 Å². The summed E-state index contributed by atoms with van der Waals surface area (Å²) in [5.74, 6) is 2.35. The molecule has 3 aliphatic carbocycles. The molecule has 0 radical (unpaired) electrons. The zero-order chi connectivity index (χ0) is 27.6. The Balaban J connectivity index is 1.24. The van der Waals surface area contributed by atoms with Gasteiger partial charge in [-0.2, -0.15) is 0 Å². The minimum absolute atomic E-state index is 0.0298. The summed E-state index contributed by atoms with van der Waals surface area (Å²) in [6.45, 7) is 1.94. The van der Waals surface area contributed by atoms with Crippen LogP contribution < -0.4 is 10.1 Å². The van der Waals surface area contributed by atoms with Crippen LogP contribution in [-0.4, -0.2) is 34.2 Å². The number of hydrogen-bond donors (Lipinski definition) is 2. The molecule has 0 aliphatic heterocycles. The van der Waals surface area contributed by atoms with Gasteiger partial charge in [-0.05, 0) is 81.5 Å². The van der Waals surface area contributed by atoms with Gasteiger partial charge in [-0.15, -0.1) is 0 Å². The molecule has 4 atom stereocenters. The number of ether oxygens (including phenoxy) is 1. The lowest BCUT2D eigenvalue weighted by atomic mass is 9.73. The van der Waals surface area contributed by atoms with E-state index in [4.69, 9.17) is 19.1 Å². The molecule has 2 heterocycles. The van der Waals surface area contributed by atoms with Crippen LogP contribution in [-0.2, 0) is 4.79 Å². The quantitative estimate of drug-likeness (QED) is 0.332. The molecular formula is C33H41N3O4. The molecule has 4 unspecified atom stereocenters. The smallest absolute Gasteiger partial charge is 0.223 e. The highest BCUT2D eigenvalue weighted by atomic mass is 16.5. The topological polar surface area (TPSA) is 97.5 Å². The van der Waals surface area contributed by atoms with Crippen LogP contribution in [0.3, 0.4) is 0 Å². The fraction of sp³-hybridized carbons (Fsp3) is 0.545. The van der Waals surface area contributed by atoms with Crippen molar-refractivity contribution in [1.29, 1.82) is 0 Å². The first-order valence-corrected chi connectivity index (χ1v) is 15.1. The Hall–Kier alpha value is -3.19. The number of benzene rings is 1. The number of pyridine rings is 1. The van der Waals surface area contributed by atoms with Gasteiger partial charge in [0.2, 0.25) is 5.91 Å². The predicted octanol–water partition coefficient (Wildman–Crippen LogP) is 6.61. The van der Waals surface area contributed by atoms with Crippen molar-refractivity contribution in [3.05, 3.63) is 65.5 Å². The molecule has 6 rings (SSSR count). The summed E-state index contributed by atoms with van der Waals surface area (Å²) in [6, 6.07) is 12.1. The minimum atomic E-state index is -0.534. The lowest BCUT2D eigenvalue weighted by Gasteiger charge is -2.38. The Morgan fingerprint density at radius 3 is 2.60 bits per heavy atom. The molecule has 2 aromatic heterocycles. The summed E-state index contributed by atoms with van der Waals surface area (Å²) in [4.78, 5) is 23.0. The maximum atomic E-state index is 13.5. The average Bonchev–Trinajstić information content (AvgIpc) is 3.72. The van der Waals surface area contributed by atoms with Gasteiger partial charge < -0.3 is 19.6 Å². The number of aromatic nitrogens is 2. The third-order valence-corrected chi connectivity index (χ3v) is 9.25. The van der Waals surface area contributed by atoms with Crippen molar-refractivity contribution in [3.8, 4) is 17.0 Å². The number of methoxy groups -OCH3 is 1. The zero-order valence-corrected chi connectivity index (χ0v) is 23.6. The Bertz CT molecular complexity index is 1330. The monoisotopic (exact) mass is 543 g/mol. The number of oxazole rings is 1. The second-order valence-corrected chi connectivity index (χ2v) is 12.1. The van der Waals surface area contributed by atoms with Crippen LogP contribution in [0.2, 0.25) is 0 Å². The van der Waals surface area contributed by atoms with Gasteiger partial charge in [0.15, 0.2) is 5.89 Å². The number of aliphatic hydroxyl groups is 1. The summed E-state index contributed by atoms with van der Waals surface area (Å²) in [5.41, 5.74) is 4.64. The molecule has 1 aromatic carbocycles. The largest absolute Gasteiger partial charge is 0.495 e. The number of nitrogens with zero attached hydrogens (tertiary/aromatic N) is 2. The normalized spacial score (nSPS) is 24.4. The summed E-state index contributed by atoms with van der Waals surface area (Å²) in [5, 5.41) is 14.8. The maximum absolute atomic E-state index is 13.5. The van der Waals surface area contributed by atoms with Crippen LogP contribution in [0.25, 0.3) is 11.3 Å². The van der Waals surface area contributed by atoms with Gasteiger partial charge in [-0.3, -0.25) is 9.78 Å². The molecule has 40 heavy (non-hydrogen) atoms. The van der Waals surface area contributed by atoms with Crippen LogP contribution in [0.5, 0.6) is 5.75 Å². The number of aliphatic hydroxyl groups excluding tert-OH is 1. The number of carbonyl (C=O) groups is 1. The molecular weight excluding hydrogens is 502 g/mol. The minimum Gasteiger partial charge on any atom is -0.495 e. The van der Waals surface area contributed by atoms with Crippen LogP contribution in [0, 0.1) is 18.8 Å². The van der Waals surface area contributed by atoms with Crippen molar-refractivity contribution < 1.29 is 19.1 Å². The highest BCUT2D eigenvalue weighted by Crippen LogP contribution is 2.43. The average molecular weight is 544 g/mol. The van der Waals surface area contributed by atoms with E-state index in [0.29, 0.717) is 12.3 Å². The second kappa shape index (κ2) is 11.7. The number of hydrogen-bond acceptors (Lipinski definition) is 6. The first-order chi connectivity index (χ1) is 19.5. The number of amides is 1. The molecule has 2 N–H and O–H groups in total. The standard InChI is InChI=1S/C33H41N3O4/c1-20-30(39-2)16-15-27(34-20)26-14-13-25(18-29(26)37)31(36-32(38)21-7-4-3-5-8-21)24-10-6-9-23(17-24)28-19-40-33(35-28)22-11-12-22/h6,9-10,15-17,19,21-22,25-26,29,31,37H,3-5,7-8,11-14,18H2,1-2H3,(H,36,38). The van der Waals surface area contributed by atoms with Crippen molar-refractivity contribution >= 4 is 5.91 Å². The van der Waals surface area contributed by atoms with E-state index in [1.807, 2.05) is 25.1 Å². The van der Waals surface area contributed by atoms with Crippen molar-refractivity contribution in [2.24, 2.45) is 11.8 Å². The van der Waals surface area contributed by atoms with Gasteiger partial charge in [0.1, 0.15) is 17.7 Å². The van der Waals surface area contributed by atoms with E-state index in [0.717, 1.165) is 91.2 Å². The summed E-state index contributed by atoms with van der Waals surface area (Å²) < 4.78 is 11.1. The fourth-order valence-electron chi connectivity index (χ4n) is 6.75. The molecule has 0 saturated heterocycles. The van der Waals surface area contributed by atoms with E-state index in [2.05, 4.69) is 23.5 Å². The van der Waals surface area contributed by atoms with E-state index in [1.54, 1.807) is 13.4 Å². The van der Waals surface area contributed by atoms with E-state index in [1.165, 1.54) is 6.42 Å². The van der Waals surface area contributed by atoms with Crippen molar-refractivity contribution in [1.82, 2.24) is 15.3 Å². The van der Waals surface area contributed by atoms with Crippen LogP contribution in [0.15, 0.2) is 47.1 Å². The summed E-state index contributed by atoms with van der Waals surface area (Å²) >= 11 is 0. The molecule has 7 nitrogen and oxygen atoms in total. The Labute approximate surface area is 236 Å². The Morgan fingerprint density at radius 1 is 1.05 bits per heavy atom. The van der Waals surface area contributed by atoms with E-state index < -0.39 is 6.10 Å². The first-order valence-electron chi connectivity index (χ1n) is 15.1. The Kier molecular flexibility index (Phi) is 7.92. The van der Waals surface area contributed by atoms with Gasteiger partial charge in [0.05, 0.1) is 24.9 Å². The Morgan fingerprint density at radius 2 is 1.88 bits per heavy atom. The second-order valence-electron chi connectivity index (χ2n) is 12.1. The van der Waals surface area contributed by atoms with Crippen molar-refractivity contribution in [3.63, 3.8) is 0 Å². The third-order valence-electron chi connectivity index (χ3n) is 9.25. The molecule has 1 amide bonds. The molecule has 7 heteroatoms. The van der Waals surface area contributed by atoms with Crippen molar-refractivity contribution in [2.75, 3.05) is 7.11 Å². The molecule has 3 saturated carbocycles. The summed E-state index contributed by atoms with van der Waals surface area (Å²) in [7, 11) is 1.65. The van der Waals surface area contributed by atoms with Gasteiger partial charge in [0, 0.05) is 29.0 Å². The lowest BCUT2D eigenvalue weighted by Crippen LogP contribution is -2.41. The fourth-order valence-corrected chi connectivity index (χ4v) is 6.75. The third kappa shape index (κ3) is 5.80. The molecule has 212 valence electrons. The lowest BCUT2D eigenvalue weighted by molar-refractivity contribution is -0.127. The highest BCUT2D eigenvalue weighted by Gasteiger charge is 2.37. The van der Waals surface area contributed by atoms with Gasteiger partial charge in [0.25, 0.3) is 0 Å². The predicted molar refractivity (Wildman–Crippen MR) is 153 cm³/mol. The number of aryl methyl sites for hydroxylation is 1. The molecule has 0 spiro atoms. The number of nitrogens with one attached hydrogen (secondary N) is 1. The number of rotatable bonds is 8. The maximum Gasteiger partial charge on any atom is 0.223 e. The highest BCUT2D eigenvalue weighted by molar-refractivity contribution is 5.79. The first kappa shape index (κ1) is 27.0. The van der Waals surface area contributed by atoms with Crippen molar-refractivity contribution in [2.45, 2.75) is 95.1 Å².